The maximum absolute atomic E-state index is 4.09. The van der Waals surface area contributed by atoms with E-state index in [4.69, 9.17) is 0 Å². The summed E-state index contributed by atoms with van der Waals surface area (Å²) in [7, 11) is 0. The highest BCUT2D eigenvalue weighted by atomic mass is 15.1. The van der Waals surface area contributed by atoms with Gasteiger partial charge in [0, 0.05) is 38.1 Å². The molecule has 1 saturated heterocycles. The van der Waals surface area contributed by atoms with Crippen LogP contribution in [0.3, 0.4) is 0 Å². The van der Waals surface area contributed by atoms with Crippen LogP contribution in [0.2, 0.25) is 0 Å². The number of pyridine rings is 1. The lowest BCUT2D eigenvalue weighted by atomic mass is 10.1. The number of hydrogen-bond donors (Lipinski definition) is 2. The summed E-state index contributed by atoms with van der Waals surface area (Å²) in [5, 5.41) is 6.78. The molecule has 1 aliphatic heterocycles. The minimum Gasteiger partial charge on any atom is -0.314 e. The first-order valence-electron chi connectivity index (χ1n) is 4.31. The number of piperazine rings is 1. The SMILES string of the molecule is c1cncc([C@@H]2CNCCN2)c1. The van der Waals surface area contributed by atoms with Crippen LogP contribution in [-0.4, -0.2) is 24.6 Å². The van der Waals surface area contributed by atoms with E-state index in [1.807, 2.05) is 12.3 Å². The van der Waals surface area contributed by atoms with Crippen molar-refractivity contribution in [3.05, 3.63) is 30.1 Å². The van der Waals surface area contributed by atoms with Gasteiger partial charge in [0.05, 0.1) is 0 Å². The predicted octanol–water partition coefficient (Wildman–Crippen LogP) is 0.315. The van der Waals surface area contributed by atoms with Gasteiger partial charge in [-0.05, 0) is 11.6 Å². The van der Waals surface area contributed by atoms with E-state index in [0.717, 1.165) is 19.6 Å². The summed E-state index contributed by atoms with van der Waals surface area (Å²) < 4.78 is 0. The molecule has 0 aliphatic carbocycles. The molecular weight excluding hydrogens is 150 g/mol. The van der Waals surface area contributed by atoms with E-state index in [0.29, 0.717) is 6.04 Å². The highest BCUT2D eigenvalue weighted by Crippen LogP contribution is 2.10. The molecule has 1 aliphatic rings. The Morgan fingerprint density at radius 2 is 2.42 bits per heavy atom. The molecule has 0 spiro atoms. The number of nitrogens with one attached hydrogen (secondary N) is 2. The zero-order valence-electron chi connectivity index (χ0n) is 6.96. The van der Waals surface area contributed by atoms with Gasteiger partial charge in [-0.2, -0.15) is 0 Å². The molecule has 1 atom stereocenters. The minimum atomic E-state index is 0.437. The van der Waals surface area contributed by atoms with Crippen molar-refractivity contribution in [3.63, 3.8) is 0 Å². The fraction of sp³-hybridized carbons (Fsp3) is 0.444. The van der Waals surface area contributed by atoms with E-state index in [9.17, 15) is 0 Å². The largest absolute Gasteiger partial charge is 0.314 e. The summed E-state index contributed by atoms with van der Waals surface area (Å²) in [6.07, 6.45) is 3.73. The van der Waals surface area contributed by atoms with Gasteiger partial charge in [0.15, 0.2) is 0 Å². The van der Waals surface area contributed by atoms with E-state index in [1.165, 1.54) is 5.56 Å². The van der Waals surface area contributed by atoms with E-state index in [-0.39, 0.29) is 0 Å². The first-order chi connectivity index (χ1) is 5.97. The molecule has 3 nitrogen and oxygen atoms in total. The Balaban J connectivity index is 2.08. The van der Waals surface area contributed by atoms with E-state index < -0.39 is 0 Å². The Morgan fingerprint density at radius 1 is 1.42 bits per heavy atom. The summed E-state index contributed by atoms with van der Waals surface area (Å²) in [6.45, 7) is 3.11. The first-order valence-corrected chi connectivity index (χ1v) is 4.31. The van der Waals surface area contributed by atoms with Gasteiger partial charge in [0.1, 0.15) is 0 Å². The second kappa shape index (κ2) is 3.65. The first kappa shape index (κ1) is 7.71. The molecule has 2 heterocycles. The molecule has 12 heavy (non-hydrogen) atoms. The van der Waals surface area contributed by atoms with Crippen molar-refractivity contribution < 1.29 is 0 Å². The average molecular weight is 163 g/mol. The van der Waals surface area contributed by atoms with Gasteiger partial charge in [-0.1, -0.05) is 6.07 Å². The molecule has 1 aromatic rings. The van der Waals surface area contributed by atoms with Crippen LogP contribution in [0.1, 0.15) is 11.6 Å². The zero-order chi connectivity index (χ0) is 8.23. The van der Waals surface area contributed by atoms with Gasteiger partial charge >= 0.3 is 0 Å². The standard InChI is InChI=1S/C9H13N3/c1-2-8(6-10-3-1)9-7-11-4-5-12-9/h1-3,6,9,11-12H,4-5,7H2/t9-/m0/s1. The Bertz CT molecular complexity index is 229. The maximum Gasteiger partial charge on any atom is 0.0462 e. The minimum absolute atomic E-state index is 0.437. The molecule has 0 bridgehead atoms. The van der Waals surface area contributed by atoms with Crippen molar-refractivity contribution in [2.24, 2.45) is 0 Å². The van der Waals surface area contributed by atoms with E-state index in [1.54, 1.807) is 6.20 Å². The molecule has 0 saturated carbocycles. The normalized spacial score (nSPS) is 23.8. The van der Waals surface area contributed by atoms with Crippen molar-refractivity contribution in [1.82, 2.24) is 15.6 Å². The number of hydrogen-bond acceptors (Lipinski definition) is 3. The third kappa shape index (κ3) is 1.62. The lowest BCUT2D eigenvalue weighted by molar-refractivity contribution is 0.429. The summed E-state index contributed by atoms with van der Waals surface area (Å²) in [5.74, 6) is 0. The molecule has 0 amide bonds. The fourth-order valence-corrected chi connectivity index (χ4v) is 1.47. The average Bonchev–Trinajstić information content (AvgIpc) is 2.21. The Kier molecular flexibility index (Phi) is 2.34. The quantitative estimate of drug-likeness (QED) is 0.626. The van der Waals surface area contributed by atoms with E-state index >= 15 is 0 Å². The fourth-order valence-electron chi connectivity index (χ4n) is 1.47. The molecule has 2 N–H and O–H groups in total. The summed E-state index contributed by atoms with van der Waals surface area (Å²) >= 11 is 0. The van der Waals surface area contributed by atoms with Crippen LogP contribution >= 0.6 is 0 Å². The molecule has 1 fully saturated rings. The molecule has 0 aromatic carbocycles. The van der Waals surface area contributed by atoms with Crippen LogP contribution in [0, 0.1) is 0 Å². The molecule has 0 radical (unpaired) electrons. The van der Waals surface area contributed by atoms with Gasteiger partial charge < -0.3 is 10.6 Å². The van der Waals surface area contributed by atoms with E-state index in [2.05, 4.69) is 21.7 Å². The van der Waals surface area contributed by atoms with Gasteiger partial charge in [-0.3, -0.25) is 4.98 Å². The van der Waals surface area contributed by atoms with Crippen molar-refractivity contribution in [1.29, 1.82) is 0 Å². The molecule has 3 heteroatoms. The second-order valence-corrected chi connectivity index (χ2v) is 3.00. The maximum atomic E-state index is 4.09. The molecule has 1 aromatic heterocycles. The highest BCUT2D eigenvalue weighted by Gasteiger charge is 2.13. The van der Waals surface area contributed by atoms with Gasteiger partial charge in [0.25, 0.3) is 0 Å². The van der Waals surface area contributed by atoms with Gasteiger partial charge in [0.2, 0.25) is 0 Å². The summed E-state index contributed by atoms with van der Waals surface area (Å²) in [6, 6.07) is 4.52. The van der Waals surface area contributed by atoms with Crippen molar-refractivity contribution >= 4 is 0 Å². The smallest absolute Gasteiger partial charge is 0.0462 e. The Hall–Kier alpha value is -0.930. The second-order valence-electron chi connectivity index (χ2n) is 3.00. The molecule has 64 valence electrons. The lowest BCUT2D eigenvalue weighted by Crippen LogP contribution is -2.42. The number of rotatable bonds is 1. The van der Waals surface area contributed by atoms with Crippen LogP contribution in [-0.2, 0) is 0 Å². The summed E-state index contributed by atoms with van der Waals surface area (Å²) in [5.41, 5.74) is 1.27. The Labute approximate surface area is 72.2 Å². The van der Waals surface area contributed by atoms with Crippen LogP contribution in [0.25, 0.3) is 0 Å². The highest BCUT2D eigenvalue weighted by molar-refractivity contribution is 5.14. The molecule has 0 unspecified atom stereocenters. The predicted molar refractivity (Wildman–Crippen MR) is 47.9 cm³/mol. The lowest BCUT2D eigenvalue weighted by Gasteiger charge is -2.24. The van der Waals surface area contributed by atoms with Crippen LogP contribution in [0.4, 0.5) is 0 Å². The number of nitrogens with zero attached hydrogens (tertiary/aromatic N) is 1. The van der Waals surface area contributed by atoms with Crippen molar-refractivity contribution in [3.8, 4) is 0 Å². The van der Waals surface area contributed by atoms with Crippen molar-refractivity contribution in [2.45, 2.75) is 6.04 Å². The summed E-state index contributed by atoms with van der Waals surface area (Å²) in [4.78, 5) is 4.09. The number of aromatic nitrogens is 1. The zero-order valence-corrected chi connectivity index (χ0v) is 6.96. The van der Waals surface area contributed by atoms with Crippen LogP contribution in [0.15, 0.2) is 24.5 Å². The Morgan fingerprint density at radius 3 is 3.08 bits per heavy atom. The third-order valence-electron chi connectivity index (χ3n) is 2.13. The third-order valence-corrected chi connectivity index (χ3v) is 2.13. The molecular formula is C9H13N3. The van der Waals surface area contributed by atoms with Crippen LogP contribution in [0.5, 0.6) is 0 Å². The monoisotopic (exact) mass is 163 g/mol. The van der Waals surface area contributed by atoms with Crippen LogP contribution < -0.4 is 10.6 Å². The van der Waals surface area contributed by atoms with Crippen molar-refractivity contribution in [2.75, 3.05) is 19.6 Å². The van der Waals surface area contributed by atoms with Gasteiger partial charge in [-0.25, -0.2) is 0 Å². The van der Waals surface area contributed by atoms with Gasteiger partial charge in [-0.15, -0.1) is 0 Å². The molecule has 2 rings (SSSR count). The topological polar surface area (TPSA) is 37.0 Å².